The second-order valence-corrected chi connectivity index (χ2v) is 7.10. The Hall–Kier alpha value is -1.76. The average molecular weight is 354 g/mol. The molecule has 1 aliphatic carbocycles. The van der Waals surface area contributed by atoms with E-state index in [1.807, 2.05) is 0 Å². The predicted molar refractivity (Wildman–Crippen MR) is 92.3 cm³/mol. The van der Waals surface area contributed by atoms with E-state index in [9.17, 15) is 13.2 Å². The summed E-state index contributed by atoms with van der Waals surface area (Å²) in [6.07, 6.45) is -2.09. The Morgan fingerprint density at radius 1 is 1.24 bits per heavy atom. The SMILES string of the molecule is CN=C(NC1CCN(Cc2ccc(C(F)(F)F)cc2)C1)NC1CC1C. The summed E-state index contributed by atoms with van der Waals surface area (Å²) < 4.78 is 37.8. The van der Waals surface area contributed by atoms with Crippen LogP contribution >= 0.6 is 0 Å². The maximum absolute atomic E-state index is 12.6. The van der Waals surface area contributed by atoms with Crippen LogP contribution in [0.15, 0.2) is 29.3 Å². The third kappa shape index (κ3) is 4.87. The second kappa shape index (κ2) is 7.23. The van der Waals surface area contributed by atoms with Crippen LogP contribution < -0.4 is 10.6 Å². The van der Waals surface area contributed by atoms with Crippen LogP contribution in [0.25, 0.3) is 0 Å². The summed E-state index contributed by atoms with van der Waals surface area (Å²) >= 11 is 0. The molecule has 1 saturated heterocycles. The standard InChI is InChI=1S/C18H25F3N4/c1-12-9-16(12)24-17(22-2)23-15-7-8-25(11-15)10-13-3-5-14(6-4-13)18(19,20)21/h3-6,12,15-16H,7-11H2,1-2H3,(H2,22,23,24). The van der Waals surface area contributed by atoms with Crippen LogP contribution in [-0.2, 0) is 12.7 Å². The molecule has 7 heteroatoms. The van der Waals surface area contributed by atoms with Crippen molar-refractivity contribution in [2.75, 3.05) is 20.1 Å². The highest BCUT2D eigenvalue weighted by Crippen LogP contribution is 2.30. The monoisotopic (exact) mass is 354 g/mol. The van der Waals surface area contributed by atoms with Crippen molar-refractivity contribution in [2.45, 2.75) is 44.6 Å². The van der Waals surface area contributed by atoms with Gasteiger partial charge in [-0.15, -0.1) is 0 Å². The number of benzene rings is 1. The van der Waals surface area contributed by atoms with Crippen molar-refractivity contribution in [3.05, 3.63) is 35.4 Å². The van der Waals surface area contributed by atoms with Crippen LogP contribution in [0.4, 0.5) is 13.2 Å². The number of halogens is 3. The molecular formula is C18H25F3N4. The molecule has 3 unspecified atom stereocenters. The van der Waals surface area contributed by atoms with Crippen molar-refractivity contribution in [3.8, 4) is 0 Å². The van der Waals surface area contributed by atoms with Crippen LogP contribution in [0.3, 0.4) is 0 Å². The van der Waals surface area contributed by atoms with Gasteiger partial charge in [0.2, 0.25) is 0 Å². The number of hydrogen-bond acceptors (Lipinski definition) is 2. The molecule has 0 spiro atoms. The van der Waals surface area contributed by atoms with Gasteiger partial charge in [0.15, 0.2) is 5.96 Å². The van der Waals surface area contributed by atoms with Crippen molar-refractivity contribution < 1.29 is 13.2 Å². The molecule has 2 N–H and O–H groups in total. The van der Waals surface area contributed by atoms with E-state index in [4.69, 9.17) is 0 Å². The molecule has 4 nitrogen and oxygen atoms in total. The van der Waals surface area contributed by atoms with Gasteiger partial charge in [0, 0.05) is 38.8 Å². The summed E-state index contributed by atoms with van der Waals surface area (Å²) in [5.41, 5.74) is 0.310. The summed E-state index contributed by atoms with van der Waals surface area (Å²) in [7, 11) is 1.78. The van der Waals surface area contributed by atoms with Gasteiger partial charge in [-0.25, -0.2) is 0 Å². The first-order chi connectivity index (χ1) is 11.8. The van der Waals surface area contributed by atoms with Gasteiger partial charge < -0.3 is 10.6 Å². The molecule has 1 saturated carbocycles. The van der Waals surface area contributed by atoms with Crippen LogP contribution in [0, 0.1) is 5.92 Å². The first-order valence-corrected chi connectivity index (χ1v) is 8.73. The van der Waals surface area contributed by atoms with Gasteiger partial charge in [-0.05, 0) is 36.5 Å². The predicted octanol–water partition coefficient (Wildman–Crippen LogP) is 2.85. The van der Waals surface area contributed by atoms with E-state index in [-0.39, 0.29) is 0 Å². The minimum absolute atomic E-state index is 0.315. The fourth-order valence-electron chi connectivity index (χ4n) is 3.21. The maximum atomic E-state index is 12.6. The summed E-state index contributed by atoms with van der Waals surface area (Å²) in [6.45, 7) is 4.67. The Kier molecular flexibility index (Phi) is 5.22. The van der Waals surface area contributed by atoms with Gasteiger partial charge in [0.1, 0.15) is 0 Å². The summed E-state index contributed by atoms with van der Waals surface area (Å²) in [6, 6.07) is 6.29. The highest BCUT2D eigenvalue weighted by molar-refractivity contribution is 5.80. The number of nitrogens with zero attached hydrogens (tertiary/aromatic N) is 2. The van der Waals surface area contributed by atoms with Crippen LogP contribution in [0.2, 0.25) is 0 Å². The fourth-order valence-corrected chi connectivity index (χ4v) is 3.21. The Bertz CT molecular complexity index is 612. The van der Waals surface area contributed by atoms with Gasteiger partial charge >= 0.3 is 6.18 Å². The van der Waals surface area contributed by atoms with E-state index >= 15 is 0 Å². The van der Waals surface area contributed by atoms with Crippen LogP contribution in [-0.4, -0.2) is 43.1 Å². The Morgan fingerprint density at radius 3 is 2.48 bits per heavy atom. The van der Waals surface area contributed by atoms with Crippen molar-refractivity contribution in [2.24, 2.45) is 10.9 Å². The zero-order chi connectivity index (χ0) is 18.0. The molecule has 0 bridgehead atoms. The molecule has 25 heavy (non-hydrogen) atoms. The zero-order valence-corrected chi connectivity index (χ0v) is 14.6. The molecule has 0 amide bonds. The first-order valence-electron chi connectivity index (χ1n) is 8.73. The number of likely N-dealkylation sites (tertiary alicyclic amines) is 1. The summed E-state index contributed by atoms with van der Waals surface area (Å²) in [4.78, 5) is 6.53. The highest BCUT2D eigenvalue weighted by atomic mass is 19.4. The zero-order valence-electron chi connectivity index (χ0n) is 14.6. The van der Waals surface area contributed by atoms with Crippen molar-refractivity contribution in [1.82, 2.24) is 15.5 Å². The van der Waals surface area contributed by atoms with Gasteiger partial charge in [-0.3, -0.25) is 9.89 Å². The fraction of sp³-hybridized carbons (Fsp3) is 0.611. The van der Waals surface area contributed by atoms with Gasteiger partial charge in [-0.2, -0.15) is 13.2 Å². The van der Waals surface area contributed by atoms with Gasteiger partial charge in [0.25, 0.3) is 0 Å². The largest absolute Gasteiger partial charge is 0.416 e. The second-order valence-electron chi connectivity index (χ2n) is 7.10. The molecule has 2 fully saturated rings. The molecule has 1 aromatic rings. The van der Waals surface area contributed by atoms with E-state index in [0.717, 1.165) is 43.2 Å². The molecule has 3 atom stereocenters. The summed E-state index contributed by atoms with van der Waals surface area (Å²) in [5, 5.41) is 6.87. The first kappa shape index (κ1) is 18.0. The van der Waals surface area contributed by atoms with Gasteiger partial charge in [0.05, 0.1) is 5.56 Å². The van der Waals surface area contributed by atoms with Crippen LogP contribution in [0.5, 0.6) is 0 Å². The quantitative estimate of drug-likeness (QED) is 0.645. The number of aliphatic imine (C=N–C) groups is 1. The van der Waals surface area contributed by atoms with E-state index < -0.39 is 11.7 Å². The molecular weight excluding hydrogens is 329 g/mol. The van der Waals surface area contributed by atoms with Crippen LogP contribution in [0.1, 0.15) is 30.9 Å². The third-order valence-corrected chi connectivity index (χ3v) is 4.96. The average Bonchev–Trinajstić information content (AvgIpc) is 3.07. The Morgan fingerprint density at radius 2 is 1.92 bits per heavy atom. The molecule has 1 heterocycles. The van der Waals surface area contributed by atoms with Crippen molar-refractivity contribution in [3.63, 3.8) is 0 Å². The maximum Gasteiger partial charge on any atom is 0.416 e. The van der Waals surface area contributed by atoms with E-state index in [1.165, 1.54) is 6.42 Å². The van der Waals surface area contributed by atoms with E-state index in [1.54, 1.807) is 19.2 Å². The highest BCUT2D eigenvalue weighted by Gasteiger charge is 2.34. The van der Waals surface area contributed by atoms with Crippen molar-refractivity contribution >= 4 is 5.96 Å². The molecule has 138 valence electrons. The minimum atomic E-state index is -4.27. The summed E-state index contributed by atoms with van der Waals surface area (Å²) in [5.74, 6) is 1.55. The smallest absolute Gasteiger partial charge is 0.353 e. The van der Waals surface area contributed by atoms with Crippen molar-refractivity contribution in [1.29, 1.82) is 0 Å². The number of alkyl halides is 3. The van der Waals surface area contributed by atoms with Gasteiger partial charge in [-0.1, -0.05) is 19.1 Å². The molecule has 0 aromatic heterocycles. The topological polar surface area (TPSA) is 39.7 Å². The molecule has 3 rings (SSSR count). The molecule has 0 radical (unpaired) electrons. The van der Waals surface area contributed by atoms with E-state index in [2.05, 4.69) is 27.4 Å². The third-order valence-electron chi connectivity index (χ3n) is 4.96. The van der Waals surface area contributed by atoms with E-state index in [0.29, 0.717) is 24.5 Å². The number of guanidine groups is 1. The Balaban J connectivity index is 1.47. The molecule has 2 aliphatic rings. The normalized spacial score (nSPS) is 27.4. The Labute approximate surface area is 146 Å². The number of nitrogens with one attached hydrogen (secondary N) is 2. The minimum Gasteiger partial charge on any atom is -0.353 e. The molecule has 1 aliphatic heterocycles. The molecule has 1 aromatic carbocycles. The number of hydrogen-bond donors (Lipinski definition) is 2. The lowest BCUT2D eigenvalue weighted by Crippen LogP contribution is -2.45. The lowest BCUT2D eigenvalue weighted by Gasteiger charge is -2.19. The lowest BCUT2D eigenvalue weighted by molar-refractivity contribution is -0.137. The number of rotatable bonds is 4. The lowest BCUT2D eigenvalue weighted by atomic mass is 10.1.